The van der Waals surface area contributed by atoms with Crippen molar-refractivity contribution in [1.82, 2.24) is 15.5 Å². The molecule has 1 rings (SSSR count). The van der Waals surface area contributed by atoms with Gasteiger partial charge in [0.05, 0.1) is 5.25 Å². The highest BCUT2D eigenvalue weighted by molar-refractivity contribution is 8.02. The van der Waals surface area contributed by atoms with Crippen molar-refractivity contribution in [2.45, 2.75) is 22.7 Å². The maximum atomic E-state index is 12.0. The SMILES string of the molecule is C=CCNc1nnc(SC(C)C(=O)NCC(F)(F)F)s1. The van der Waals surface area contributed by atoms with Crippen LogP contribution < -0.4 is 10.6 Å². The van der Waals surface area contributed by atoms with Gasteiger partial charge >= 0.3 is 6.18 Å². The first-order valence-electron chi connectivity index (χ1n) is 5.51. The lowest BCUT2D eigenvalue weighted by molar-refractivity contribution is -0.137. The lowest BCUT2D eigenvalue weighted by Gasteiger charge is -2.11. The van der Waals surface area contributed by atoms with Gasteiger partial charge in [-0.1, -0.05) is 29.2 Å². The Morgan fingerprint density at radius 1 is 1.55 bits per heavy atom. The summed E-state index contributed by atoms with van der Waals surface area (Å²) in [7, 11) is 0. The van der Waals surface area contributed by atoms with E-state index in [0.717, 1.165) is 11.8 Å². The van der Waals surface area contributed by atoms with Gasteiger partial charge in [0.1, 0.15) is 6.54 Å². The van der Waals surface area contributed by atoms with E-state index in [1.54, 1.807) is 6.08 Å². The third-order valence-electron chi connectivity index (χ3n) is 1.91. The number of carbonyl (C=O) groups excluding carboxylic acids is 1. The number of aromatic nitrogens is 2. The summed E-state index contributed by atoms with van der Waals surface area (Å²) in [4.78, 5) is 11.5. The van der Waals surface area contributed by atoms with E-state index in [0.29, 0.717) is 16.0 Å². The van der Waals surface area contributed by atoms with Crippen LogP contribution in [0.5, 0.6) is 0 Å². The Kier molecular flexibility index (Phi) is 6.27. The number of halogens is 3. The molecule has 0 aromatic carbocycles. The first-order chi connectivity index (χ1) is 9.31. The topological polar surface area (TPSA) is 66.9 Å². The number of anilines is 1. The summed E-state index contributed by atoms with van der Waals surface area (Å²) in [6.07, 6.45) is -2.76. The Labute approximate surface area is 122 Å². The van der Waals surface area contributed by atoms with Crippen molar-refractivity contribution in [3.05, 3.63) is 12.7 Å². The average Bonchev–Trinajstić information content (AvgIpc) is 2.80. The van der Waals surface area contributed by atoms with Crippen LogP contribution in [0.4, 0.5) is 18.3 Å². The van der Waals surface area contributed by atoms with Gasteiger partial charge in [0.2, 0.25) is 11.0 Å². The number of amides is 1. The van der Waals surface area contributed by atoms with E-state index in [4.69, 9.17) is 0 Å². The third-order valence-corrected chi connectivity index (χ3v) is 3.98. The van der Waals surface area contributed by atoms with Crippen molar-refractivity contribution in [3.8, 4) is 0 Å². The Bertz CT molecular complexity index is 464. The maximum absolute atomic E-state index is 12.0. The second kappa shape index (κ2) is 7.48. The molecule has 0 saturated carbocycles. The summed E-state index contributed by atoms with van der Waals surface area (Å²) in [5.74, 6) is -0.692. The van der Waals surface area contributed by atoms with E-state index < -0.39 is 23.9 Å². The number of alkyl halides is 3. The summed E-state index contributed by atoms with van der Waals surface area (Å²) >= 11 is 2.28. The molecule has 20 heavy (non-hydrogen) atoms. The summed E-state index contributed by atoms with van der Waals surface area (Å²) in [6.45, 7) is 4.24. The Balaban J connectivity index is 2.44. The molecular weight excluding hydrogens is 313 g/mol. The van der Waals surface area contributed by atoms with E-state index >= 15 is 0 Å². The first kappa shape index (κ1) is 16.8. The van der Waals surface area contributed by atoms with Crippen molar-refractivity contribution in [2.24, 2.45) is 0 Å². The molecule has 0 aliphatic carbocycles. The first-order valence-corrected chi connectivity index (χ1v) is 7.21. The van der Waals surface area contributed by atoms with Gasteiger partial charge in [0.15, 0.2) is 4.34 Å². The molecule has 1 atom stereocenters. The molecule has 0 spiro atoms. The van der Waals surface area contributed by atoms with Gasteiger partial charge < -0.3 is 10.6 Å². The minimum Gasteiger partial charge on any atom is -0.357 e. The van der Waals surface area contributed by atoms with Crippen molar-refractivity contribution < 1.29 is 18.0 Å². The molecule has 1 aromatic rings. The van der Waals surface area contributed by atoms with Gasteiger partial charge in [-0.25, -0.2) is 0 Å². The van der Waals surface area contributed by atoms with Crippen LogP contribution in [0.15, 0.2) is 17.0 Å². The predicted octanol–water partition coefficient (Wildman–Crippen LogP) is 2.30. The van der Waals surface area contributed by atoms with Gasteiger partial charge in [-0.3, -0.25) is 4.79 Å². The Morgan fingerprint density at radius 2 is 2.25 bits per heavy atom. The zero-order valence-corrected chi connectivity index (χ0v) is 12.2. The van der Waals surface area contributed by atoms with E-state index in [2.05, 4.69) is 22.1 Å². The molecule has 10 heteroatoms. The molecule has 5 nitrogen and oxygen atoms in total. The van der Waals surface area contributed by atoms with E-state index in [1.165, 1.54) is 18.3 Å². The molecular formula is C10H13F3N4OS2. The van der Waals surface area contributed by atoms with Gasteiger partial charge in [-0.15, -0.1) is 16.8 Å². The van der Waals surface area contributed by atoms with Gasteiger partial charge in [-0.2, -0.15) is 13.2 Å². The minimum absolute atomic E-state index is 0.506. The van der Waals surface area contributed by atoms with E-state index in [9.17, 15) is 18.0 Å². The fraction of sp³-hybridized carbons (Fsp3) is 0.500. The van der Waals surface area contributed by atoms with E-state index in [-0.39, 0.29) is 0 Å². The monoisotopic (exact) mass is 326 g/mol. The normalized spacial score (nSPS) is 12.8. The van der Waals surface area contributed by atoms with Crippen molar-refractivity contribution in [3.63, 3.8) is 0 Å². The number of nitrogens with zero attached hydrogens (tertiary/aromatic N) is 2. The molecule has 2 N–H and O–H groups in total. The minimum atomic E-state index is -4.41. The fourth-order valence-electron chi connectivity index (χ4n) is 1.02. The van der Waals surface area contributed by atoms with Crippen molar-refractivity contribution >= 4 is 34.1 Å². The Morgan fingerprint density at radius 3 is 2.85 bits per heavy atom. The van der Waals surface area contributed by atoms with Crippen LogP contribution >= 0.6 is 23.1 Å². The van der Waals surface area contributed by atoms with Gasteiger partial charge in [0, 0.05) is 6.54 Å². The summed E-state index contributed by atoms with van der Waals surface area (Å²) in [6, 6.07) is 0. The highest BCUT2D eigenvalue weighted by Crippen LogP contribution is 2.28. The van der Waals surface area contributed by atoms with Crippen LogP contribution in [-0.4, -0.2) is 40.6 Å². The molecule has 0 aliphatic heterocycles. The lowest BCUT2D eigenvalue weighted by atomic mass is 10.4. The fourth-order valence-corrected chi connectivity index (χ4v) is 2.95. The number of hydrogen-bond acceptors (Lipinski definition) is 6. The number of nitrogens with one attached hydrogen (secondary N) is 2. The third kappa shape index (κ3) is 6.24. The number of rotatable bonds is 7. The van der Waals surface area contributed by atoms with Crippen LogP contribution in [0, 0.1) is 0 Å². The van der Waals surface area contributed by atoms with Crippen LogP contribution in [0.25, 0.3) is 0 Å². The van der Waals surface area contributed by atoms with Crippen LogP contribution in [0.2, 0.25) is 0 Å². The van der Waals surface area contributed by atoms with Crippen LogP contribution in [-0.2, 0) is 4.79 Å². The van der Waals surface area contributed by atoms with Crippen molar-refractivity contribution in [1.29, 1.82) is 0 Å². The maximum Gasteiger partial charge on any atom is 0.405 e. The molecule has 0 bridgehead atoms. The molecule has 0 radical (unpaired) electrons. The summed E-state index contributed by atoms with van der Waals surface area (Å²) in [5, 5.41) is 12.3. The number of thioether (sulfide) groups is 1. The number of hydrogen-bond donors (Lipinski definition) is 2. The largest absolute Gasteiger partial charge is 0.405 e. The Hall–Kier alpha value is -1.29. The standard InChI is InChI=1S/C10H13F3N4OS2/c1-3-4-14-8-16-17-9(20-8)19-6(2)7(18)15-5-10(11,12)13/h3,6H,1,4-5H2,2H3,(H,14,16)(H,15,18). The molecule has 1 amide bonds. The summed E-state index contributed by atoms with van der Waals surface area (Å²) < 4.78 is 36.4. The number of carbonyl (C=O) groups is 1. The predicted molar refractivity (Wildman–Crippen MR) is 73.0 cm³/mol. The molecule has 1 unspecified atom stereocenters. The molecule has 0 aliphatic rings. The zero-order valence-electron chi connectivity index (χ0n) is 10.5. The van der Waals surface area contributed by atoms with Crippen LogP contribution in [0.3, 0.4) is 0 Å². The molecule has 1 heterocycles. The second-order valence-electron chi connectivity index (χ2n) is 3.64. The molecule has 112 valence electrons. The molecule has 1 aromatic heterocycles. The van der Waals surface area contributed by atoms with Crippen LogP contribution in [0.1, 0.15) is 6.92 Å². The molecule has 0 saturated heterocycles. The smallest absolute Gasteiger partial charge is 0.357 e. The lowest BCUT2D eigenvalue weighted by Crippen LogP contribution is -2.37. The zero-order chi connectivity index (χ0) is 15.2. The van der Waals surface area contributed by atoms with Crippen molar-refractivity contribution in [2.75, 3.05) is 18.4 Å². The molecule has 0 fully saturated rings. The summed E-state index contributed by atoms with van der Waals surface area (Å²) in [5.41, 5.74) is 0. The highest BCUT2D eigenvalue weighted by atomic mass is 32.2. The van der Waals surface area contributed by atoms with Gasteiger partial charge in [0.25, 0.3) is 0 Å². The van der Waals surface area contributed by atoms with Gasteiger partial charge in [-0.05, 0) is 6.92 Å². The highest BCUT2D eigenvalue weighted by Gasteiger charge is 2.29. The van der Waals surface area contributed by atoms with E-state index in [1.807, 2.05) is 5.32 Å². The quantitative estimate of drug-likeness (QED) is 0.594. The second-order valence-corrected chi connectivity index (χ2v) is 6.20. The average molecular weight is 326 g/mol.